The molecule has 1 amide bonds. The molecule has 21 heavy (non-hydrogen) atoms. The molecule has 1 aromatic heterocycles. The average Bonchev–Trinajstić information content (AvgIpc) is 3.07. The van der Waals surface area contributed by atoms with Gasteiger partial charge in [0.25, 0.3) is 11.7 Å². The Morgan fingerprint density at radius 3 is 2.81 bits per heavy atom. The van der Waals surface area contributed by atoms with Gasteiger partial charge in [0.1, 0.15) is 0 Å². The lowest BCUT2D eigenvalue weighted by Gasteiger charge is -2.27. The normalized spacial score (nSPS) is 14.8. The van der Waals surface area contributed by atoms with Gasteiger partial charge in [0, 0.05) is 30.1 Å². The minimum absolute atomic E-state index is 0.328. The van der Waals surface area contributed by atoms with E-state index in [1.54, 1.807) is 17.4 Å². The van der Waals surface area contributed by atoms with Gasteiger partial charge in [-0.05, 0) is 36.6 Å². The van der Waals surface area contributed by atoms with Gasteiger partial charge in [-0.2, -0.15) is 0 Å². The summed E-state index contributed by atoms with van der Waals surface area (Å²) in [6.45, 7) is 2.16. The van der Waals surface area contributed by atoms with E-state index < -0.39 is 11.7 Å². The molecule has 0 fully saturated rings. The SMILES string of the molecule is CC(Cc1cccs1)N(C)c1ccc2c(c1)NC(=O)C2=O. The molecule has 1 N–H and O–H groups in total. The van der Waals surface area contributed by atoms with Crippen LogP contribution in [0, 0.1) is 0 Å². The number of rotatable bonds is 4. The highest BCUT2D eigenvalue weighted by molar-refractivity contribution is 7.09. The Labute approximate surface area is 127 Å². The number of benzene rings is 1. The van der Waals surface area contributed by atoms with E-state index in [2.05, 4.69) is 34.7 Å². The first-order valence-electron chi connectivity index (χ1n) is 6.81. The molecule has 2 aromatic rings. The number of fused-ring (bicyclic) bond motifs is 1. The summed E-state index contributed by atoms with van der Waals surface area (Å²) in [6, 6.07) is 10.00. The number of thiophene rings is 1. The number of nitrogens with zero attached hydrogens (tertiary/aromatic N) is 1. The lowest BCUT2D eigenvalue weighted by Crippen LogP contribution is -2.30. The third kappa shape index (κ3) is 2.56. The van der Waals surface area contributed by atoms with Gasteiger partial charge in [0.15, 0.2) is 0 Å². The van der Waals surface area contributed by atoms with Crippen molar-refractivity contribution in [3.63, 3.8) is 0 Å². The van der Waals surface area contributed by atoms with Gasteiger partial charge in [-0.3, -0.25) is 9.59 Å². The molecule has 1 unspecified atom stereocenters. The number of hydrogen-bond acceptors (Lipinski definition) is 4. The van der Waals surface area contributed by atoms with E-state index in [1.807, 2.05) is 19.2 Å². The van der Waals surface area contributed by atoms with Gasteiger partial charge in [-0.1, -0.05) is 6.07 Å². The lowest BCUT2D eigenvalue weighted by atomic mass is 10.1. The maximum Gasteiger partial charge on any atom is 0.296 e. The molecule has 1 aromatic carbocycles. The second-order valence-electron chi connectivity index (χ2n) is 5.26. The topological polar surface area (TPSA) is 49.4 Å². The zero-order valence-corrected chi connectivity index (χ0v) is 12.7. The monoisotopic (exact) mass is 300 g/mol. The van der Waals surface area contributed by atoms with Crippen molar-refractivity contribution in [3.05, 3.63) is 46.2 Å². The number of hydrogen-bond donors (Lipinski definition) is 1. The second kappa shape index (κ2) is 5.33. The molecule has 0 spiro atoms. The molecule has 0 saturated heterocycles. The van der Waals surface area contributed by atoms with E-state index in [9.17, 15) is 9.59 Å². The Balaban J connectivity index is 1.79. The van der Waals surface area contributed by atoms with Gasteiger partial charge in [-0.15, -0.1) is 11.3 Å². The summed E-state index contributed by atoms with van der Waals surface area (Å²) >= 11 is 1.76. The average molecular weight is 300 g/mol. The van der Waals surface area contributed by atoms with Gasteiger partial charge in [-0.25, -0.2) is 0 Å². The zero-order chi connectivity index (χ0) is 15.0. The fourth-order valence-electron chi connectivity index (χ4n) is 2.47. The number of Topliss-reactive ketones (excluding diaryl/α,β-unsaturated/α-hetero) is 1. The van der Waals surface area contributed by atoms with Crippen molar-refractivity contribution in [2.24, 2.45) is 0 Å². The Bertz CT molecular complexity index is 694. The molecule has 0 aliphatic carbocycles. The van der Waals surface area contributed by atoms with E-state index in [0.29, 0.717) is 17.3 Å². The van der Waals surface area contributed by atoms with Crippen LogP contribution in [-0.2, 0) is 11.2 Å². The molecule has 0 saturated carbocycles. The van der Waals surface area contributed by atoms with Crippen molar-refractivity contribution in [1.82, 2.24) is 0 Å². The largest absolute Gasteiger partial charge is 0.371 e. The van der Waals surface area contributed by atoms with Crippen molar-refractivity contribution in [3.8, 4) is 0 Å². The summed E-state index contributed by atoms with van der Waals surface area (Å²) in [4.78, 5) is 26.5. The molecular formula is C16H16N2O2S. The van der Waals surface area contributed by atoms with Gasteiger partial charge in [0.05, 0.1) is 11.3 Å². The molecule has 2 heterocycles. The van der Waals surface area contributed by atoms with Crippen LogP contribution in [-0.4, -0.2) is 24.8 Å². The van der Waals surface area contributed by atoms with Crippen molar-refractivity contribution in [1.29, 1.82) is 0 Å². The lowest BCUT2D eigenvalue weighted by molar-refractivity contribution is -0.112. The van der Waals surface area contributed by atoms with E-state index in [1.165, 1.54) is 4.88 Å². The first-order chi connectivity index (χ1) is 10.1. The predicted molar refractivity (Wildman–Crippen MR) is 85.3 cm³/mol. The van der Waals surface area contributed by atoms with E-state index in [-0.39, 0.29) is 0 Å². The quantitative estimate of drug-likeness (QED) is 0.883. The van der Waals surface area contributed by atoms with Crippen LogP contribution in [0.4, 0.5) is 11.4 Å². The molecule has 1 aliphatic rings. The summed E-state index contributed by atoms with van der Waals surface area (Å²) in [6.07, 6.45) is 0.969. The van der Waals surface area contributed by atoms with Crippen LogP contribution in [0.1, 0.15) is 22.2 Å². The number of amides is 1. The minimum atomic E-state index is -0.545. The van der Waals surface area contributed by atoms with Crippen LogP contribution in [0.25, 0.3) is 0 Å². The van der Waals surface area contributed by atoms with E-state index in [0.717, 1.165) is 12.1 Å². The fraction of sp³-hybridized carbons (Fsp3) is 0.250. The van der Waals surface area contributed by atoms with Crippen LogP contribution in [0.15, 0.2) is 35.7 Å². The minimum Gasteiger partial charge on any atom is -0.371 e. The molecule has 5 heteroatoms. The van der Waals surface area contributed by atoms with Crippen LogP contribution < -0.4 is 10.2 Å². The second-order valence-corrected chi connectivity index (χ2v) is 6.29. The predicted octanol–water partition coefficient (Wildman–Crippen LogP) is 2.95. The highest BCUT2D eigenvalue weighted by atomic mass is 32.1. The van der Waals surface area contributed by atoms with E-state index >= 15 is 0 Å². The summed E-state index contributed by atoms with van der Waals surface area (Å²) in [7, 11) is 2.03. The van der Waals surface area contributed by atoms with Crippen LogP contribution in [0.5, 0.6) is 0 Å². The molecule has 1 aliphatic heterocycles. The third-order valence-corrected chi connectivity index (χ3v) is 4.75. The molecule has 0 radical (unpaired) electrons. The highest BCUT2D eigenvalue weighted by Gasteiger charge is 2.28. The summed E-state index contributed by atoms with van der Waals surface area (Å²) < 4.78 is 0. The number of anilines is 2. The zero-order valence-electron chi connectivity index (χ0n) is 11.9. The number of nitrogens with one attached hydrogen (secondary N) is 1. The summed E-state index contributed by atoms with van der Waals surface area (Å²) in [5.74, 6) is -0.998. The van der Waals surface area contributed by atoms with Gasteiger partial charge < -0.3 is 10.2 Å². The number of likely N-dealkylation sites (N-methyl/N-ethyl adjacent to an activating group) is 1. The highest BCUT2D eigenvalue weighted by Crippen LogP contribution is 2.29. The fourth-order valence-corrected chi connectivity index (χ4v) is 3.29. The maximum atomic E-state index is 11.6. The third-order valence-electron chi connectivity index (χ3n) is 3.85. The van der Waals surface area contributed by atoms with Crippen molar-refractivity contribution >= 4 is 34.4 Å². The van der Waals surface area contributed by atoms with Crippen LogP contribution in [0.2, 0.25) is 0 Å². The Hall–Kier alpha value is -2.14. The number of carbonyl (C=O) groups is 2. The van der Waals surface area contributed by atoms with Gasteiger partial charge in [0.2, 0.25) is 0 Å². The van der Waals surface area contributed by atoms with Crippen molar-refractivity contribution in [2.75, 3.05) is 17.3 Å². The van der Waals surface area contributed by atoms with Crippen molar-refractivity contribution in [2.45, 2.75) is 19.4 Å². The molecule has 108 valence electrons. The van der Waals surface area contributed by atoms with E-state index in [4.69, 9.17) is 0 Å². The first-order valence-corrected chi connectivity index (χ1v) is 7.69. The van der Waals surface area contributed by atoms with Crippen molar-refractivity contribution < 1.29 is 9.59 Å². The summed E-state index contributed by atoms with van der Waals surface area (Å²) in [5.41, 5.74) is 2.06. The molecule has 3 rings (SSSR count). The molecule has 4 nitrogen and oxygen atoms in total. The Morgan fingerprint density at radius 1 is 1.29 bits per heavy atom. The van der Waals surface area contributed by atoms with Crippen LogP contribution >= 0.6 is 11.3 Å². The smallest absolute Gasteiger partial charge is 0.296 e. The molecule has 0 bridgehead atoms. The first kappa shape index (κ1) is 13.8. The molecular weight excluding hydrogens is 284 g/mol. The standard InChI is InChI=1S/C16H16N2O2S/c1-10(8-12-4-3-7-21-12)18(2)11-5-6-13-14(9-11)17-16(20)15(13)19/h3-7,9-10H,8H2,1-2H3,(H,17,19,20). The van der Waals surface area contributed by atoms with Crippen LogP contribution in [0.3, 0.4) is 0 Å². The summed E-state index contributed by atoms with van der Waals surface area (Å²) in [5, 5.41) is 4.70. The molecule has 1 atom stereocenters. The number of ketones is 1. The maximum absolute atomic E-state index is 11.6. The van der Waals surface area contributed by atoms with Gasteiger partial charge >= 0.3 is 0 Å². The Kier molecular flexibility index (Phi) is 3.51. The number of carbonyl (C=O) groups excluding carboxylic acids is 2. The Morgan fingerprint density at radius 2 is 2.10 bits per heavy atom.